The molecule has 5 nitrogen and oxygen atoms in total. The molecule has 14 heavy (non-hydrogen) atoms. The van der Waals surface area contributed by atoms with Crippen LogP contribution in [0.3, 0.4) is 0 Å². The quantitative estimate of drug-likeness (QED) is 0.737. The molecule has 74 valence electrons. The molecule has 0 aliphatic carbocycles. The minimum atomic E-state index is 0.717. The van der Waals surface area contributed by atoms with E-state index in [1.165, 1.54) is 11.9 Å². The molecular weight excluding hydrogens is 178 g/mol. The van der Waals surface area contributed by atoms with Crippen molar-refractivity contribution in [2.75, 3.05) is 0 Å². The Bertz CT molecular complexity index is 376. The summed E-state index contributed by atoms with van der Waals surface area (Å²) in [7, 11) is 2.01. The number of hydrogen-bond acceptors (Lipinski definition) is 3. The number of rotatable bonds is 4. The van der Waals surface area contributed by atoms with E-state index in [-0.39, 0.29) is 0 Å². The van der Waals surface area contributed by atoms with Crippen molar-refractivity contribution < 1.29 is 0 Å². The lowest BCUT2D eigenvalue weighted by Gasteiger charge is -1.99. The zero-order valence-electron chi connectivity index (χ0n) is 8.07. The largest absolute Gasteiger partial charge is 0.357 e. The third-order valence-corrected chi connectivity index (χ3v) is 1.98. The fourth-order valence-electron chi connectivity index (χ4n) is 1.31. The Morgan fingerprint density at radius 3 is 3.07 bits per heavy atom. The summed E-state index contributed by atoms with van der Waals surface area (Å²) in [5.41, 5.74) is 1.27. The van der Waals surface area contributed by atoms with E-state index in [2.05, 4.69) is 32.8 Å². The lowest BCUT2D eigenvalue weighted by Crippen LogP contribution is -2.13. The van der Waals surface area contributed by atoms with Crippen LogP contribution in [0.4, 0.5) is 0 Å². The van der Waals surface area contributed by atoms with Gasteiger partial charge in [0.2, 0.25) is 0 Å². The highest BCUT2D eigenvalue weighted by atomic mass is 15.2. The van der Waals surface area contributed by atoms with Gasteiger partial charge in [0.05, 0.1) is 6.54 Å². The lowest BCUT2D eigenvalue weighted by atomic mass is 10.3. The molecule has 0 aromatic carbocycles. The smallest absolute Gasteiger partial charge is 0.138 e. The molecule has 2 aromatic rings. The fraction of sp³-hybridized carbons (Fsp3) is 0.333. The van der Waals surface area contributed by atoms with Gasteiger partial charge in [0.25, 0.3) is 0 Å². The van der Waals surface area contributed by atoms with Crippen LogP contribution in [-0.2, 0) is 20.1 Å². The molecule has 0 atom stereocenters. The summed E-state index contributed by atoms with van der Waals surface area (Å²) in [5.74, 6) is 0.862. The van der Waals surface area contributed by atoms with E-state index in [1.54, 1.807) is 0 Å². The number of hydrogen-bond donors (Lipinski definition) is 2. The van der Waals surface area contributed by atoms with E-state index in [9.17, 15) is 0 Å². The number of H-pyrrole nitrogens is 1. The SMILES string of the molecule is Cn1ccc(CNCc2ncn[nH]2)c1. The van der Waals surface area contributed by atoms with Gasteiger partial charge < -0.3 is 9.88 Å². The average molecular weight is 191 g/mol. The van der Waals surface area contributed by atoms with Crippen molar-refractivity contribution in [3.05, 3.63) is 36.2 Å². The van der Waals surface area contributed by atoms with Gasteiger partial charge in [0.15, 0.2) is 0 Å². The van der Waals surface area contributed by atoms with Crippen LogP contribution < -0.4 is 5.32 Å². The van der Waals surface area contributed by atoms with E-state index in [4.69, 9.17) is 0 Å². The first-order valence-electron chi connectivity index (χ1n) is 4.50. The summed E-state index contributed by atoms with van der Waals surface area (Å²) in [6.07, 6.45) is 5.64. The van der Waals surface area contributed by atoms with E-state index in [0.717, 1.165) is 18.9 Å². The first kappa shape index (κ1) is 8.96. The normalized spacial score (nSPS) is 10.6. The van der Waals surface area contributed by atoms with Gasteiger partial charge in [-0.25, -0.2) is 4.98 Å². The number of aromatic amines is 1. The second kappa shape index (κ2) is 4.06. The molecule has 0 fully saturated rings. The van der Waals surface area contributed by atoms with Gasteiger partial charge in [-0.3, -0.25) is 5.10 Å². The molecule has 2 aromatic heterocycles. The first-order chi connectivity index (χ1) is 6.84. The Kier molecular flexibility index (Phi) is 2.60. The molecule has 0 bridgehead atoms. The molecule has 0 spiro atoms. The molecule has 0 amide bonds. The minimum Gasteiger partial charge on any atom is -0.357 e. The Morgan fingerprint density at radius 1 is 1.50 bits per heavy atom. The van der Waals surface area contributed by atoms with Crippen LogP contribution in [0.5, 0.6) is 0 Å². The van der Waals surface area contributed by atoms with Gasteiger partial charge >= 0.3 is 0 Å². The molecule has 2 rings (SSSR count). The number of nitrogens with zero attached hydrogens (tertiary/aromatic N) is 3. The molecule has 5 heteroatoms. The highest BCUT2D eigenvalue weighted by Gasteiger charge is 1.96. The zero-order chi connectivity index (χ0) is 9.80. The van der Waals surface area contributed by atoms with Crippen LogP contribution in [-0.4, -0.2) is 19.7 Å². The first-order valence-corrected chi connectivity index (χ1v) is 4.50. The van der Waals surface area contributed by atoms with Crippen LogP contribution in [0, 0.1) is 0 Å². The average Bonchev–Trinajstić information content (AvgIpc) is 2.77. The second-order valence-electron chi connectivity index (χ2n) is 3.22. The Morgan fingerprint density at radius 2 is 2.43 bits per heavy atom. The van der Waals surface area contributed by atoms with Crippen LogP contribution in [0.2, 0.25) is 0 Å². The van der Waals surface area contributed by atoms with Crippen molar-refractivity contribution in [1.82, 2.24) is 25.1 Å². The van der Waals surface area contributed by atoms with Crippen LogP contribution in [0.1, 0.15) is 11.4 Å². The van der Waals surface area contributed by atoms with Gasteiger partial charge in [-0.2, -0.15) is 5.10 Å². The zero-order valence-corrected chi connectivity index (χ0v) is 8.07. The predicted molar refractivity (Wildman–Crippen MR) is 52.3 cm³/mol. The third-order valence-electron chi connectivity index (χ3n) is 1.98. The predicted octanol–water partition coefficient (Wildman–Crippen LogP) is 0.433. The summed E-state index contributed by atoms with van der Waals surface area (Å²) in [6.45, 7) is 1.57. The monoisotopic (exact) mass is 191 g/mol. The van der Waals surface area contributed by atoms with Gasteiger partial charge in [0.1, 0.15) is 12.2 Å². The molecule has 2 heterocycles. The van der Waals surface area contributed by atoms with Crippen molar-refractivity contribution in [3.8, 4) is 0 Å². The molecule has 0 radical (unpaired) electrons. The Balaban J connectivity index is 1.78. The lowest BCUT2D eigenvalue weighted by molar-refractivity contribution is 0.664. The molecule has 2 N–H and O–H groups in total. The van der Waals surface area contributed by atoms with Crippen molar-refractivity contribution in [2.45, 2.75) is 13.1 Å². The summed E-state index contributed by atoms with van der Waals surface area (Å²) >= 11 is 0. The van der Waals surface area contributed by atoms with Crippen molar-refractivity contribution >= 4 is 0 Å². The topological polar surface area (TPSA) is 58.5 Å². The van der Waals surface area contributed by atoms with Crippen molar-refractivity contribution in [1.29, 1.82) is 0 Å². The van der Waals surface area contributed by atoms with Crippen molar-refractivity contribution in [3.63, 3.8) is 0 Å². The molecule has 0 aliphatic rings. The van der Waals surface area contributed by atoms with Gasteiger partial charge in [-0.1, -0.05) is 0 Å². The van der Waals surface area contributed by atoms with Crippen molar-refractivity contribution in [2.24, 2.45) is 7.05 Å². The Labute approximate surface area is 82.2 Å². The van der Waals surface area contributed by atoms with Crippen LogP contribution >= 0.6 is 0 Å². The third kappa shape index (κ3) is 2.20. The minimum absolute atomic E-state index is 0.717. The maximum Gasteiger partial charge on any atom is 0.138 e. The summed E-state index contributed by atoms with van der Waals surface area (Å²) < 4.78 is 2.03. The van der Waals surface area contributed by atoms with E-state index in [1.807, 2.05) is 17.8 Å². The molecule has 0 unspecified atom stereocenters. The van der Waals surface area contributed by atoms with Gasteiger partial charge in [0, 0.05) is 26.0 Å². The molecule has 0 saturated carbocycles. The van der Waals surface area contributed by atoms with E-state index in [0.29, 0.717) is 0 Å². The van der Waals surface area contributed by atoms with E-state index >= 15 is 0 Å². The van der Waals surface area contributed by atoms with Crippen LogP contribution in [0.25, 0.3) is 0 Å². The summed E-state index contributed by atoms with van der Waals surface area (Å²) in [4.78, 5) is 4.02. The second-order valence-corrected chi connectivity index (χ2v) is 3.22. The highest BCUT2D eigenvalue weighted by Crippen LogP contribution is 1.98. The number of nitrogens with one attached hydrogen (secondary N) is 2. The molecule has 0 aliphatic heterocycles. The fourth-order valence-corrected chi connectivity index (χ4v) is 1.31. The summed E-state index contributed by atoms with van der Waals surface area (Å²) in [5, 5.41) is 9.84. The standard InChI is InChI=1S/C9H13N5/c1-14-3-2-8(6-14)4-10-5-9-11-7-12-13-9/h2-3,6-7,10H,4-5H2,1H3,(H,11,12,13). The number of aryl methyl sites for hydroxylation is 1. The summed E-state index contributed by atoms with van der Waals surface area (Å²) in [6, 6.07) is 2.09. The maximum absolute atomic E-state index is 4.02. The van der Waals surface area contributed by atoms with Gasteiger partial charge in [-0.05, 0) is 11.6 Å². The van der Waals surface area contributed by atoms with E-state index < -0.39 is 0 Å². The highest BCUT2D eigenvalue weighted by molar-refractivity contribution is 5.09. The van der Waals surface area contributed by atoms with Crippen LogP contribution in [0.15, 0.2) is 24.8 Å². The van der Waals surface area contributed by atoms with Gasteiger partial charge in [-0.15, -0.1) is 0 Å². The number of aromatic nitrogens is 4. The maximum atomic E-state index is 4.02. The Hall–Kier alpha value is -1.62. The molecule has 0 saturated heterocycles. The molecular formula is C9H13N5.